The van der Waals surface area contributed by atoms with Crippen LogP contribution in [0.2, 0.25) is 0 Å². The molecule has 0 fully saturated rings. The van der Waals surface area contributed by atoms with Gasteiger partial charge >= 0.3 is 0 Å². The van der Waals surface area contributed by atoms with Crippen LogP contribution in [0.4, 0.5) is 0 Å². The standard InChI is InChI=1S/C43H26N4S/c1-3-14-27(15-4-1)29-18-13-19-30(26-29)42-44-41(28-16-5-2-6-17-28)45-43(46-42)47-35-24-11-9-22-33(35)37-31-20-7-8-21-32(31)40-38(39(37)47)34-23-10-12-25-36(34)48-40/h1-26H. The first-order valence-electron chi connectivity index (χ1n) is 16.0. The summed E-state index contributed by atoms with van der Waals surface area (Å²) in [6, 6.07) is 55.3. The minimum atomic E-state index is 0.599. The van der Waals surface area contributed by atoms with E-state index < -0.39 is 0 Å². The zero-order valence-electron chi connectivity index (χ0n) is 25.7. The Labute approximate surface area is 280 Å². The molecule has 10 rings (SSSR count). The van der Waals surface area contributed by atoms with Gasteiger partial charge in [-0.1, -0.05) is 140 Å². The van der Waals surface area contributed by atoms with Gasteiger partial charge in [-0.25, -0.2) is 4.98 Å². The molecular formula is C43H26N4S. The lowest BCUT2D eigenvalue weighted by atomic mass is 10.00. The fourth-order valence-electron chi connectivity index (χ4n) is 7.11. The molecule has 0 aliphatic heterocycles. The van der Waals surface area contributed by atoms with Crippen molar-refractivity contribution in [2.24, 2.45) is 0 Å². The summed E-state index contributed by atoms with van der Waals surface area (Å²) in [4.78, 5) is 15.6. The summed E-state index contributed by atoms with van der Waals surface area (Å²) in [6.07, 6.45) is 0. The Hall–Kier alpha value is -6.17. The predicted molar refractivity (Wildman–Crippen MR) is 201 cm³/mol. The molecule has 3 aromatic heterocycles. The Balaban J connectivity index is 1.35. The molecule has 5 heteroatoms. The second kappa shape index (κ2) is 10.7. The van der Waals surface area contributed by atoms with Gasteiger partial charge in [0.2, 0.25) is 5.95 Å². The number of nitrogens with zero attached hydrogens (tertiary/aromatic N) is 4. The molecule has 7 aromatic carbocycles. The van der Waals surface area contributed by atoms with Crippen molar-refractivity contribution in [1.82, 2.24) is 19.5 Å². The Bertz CT molecular complexity index is 2830. The molecule has 0 bridgehead atoms. The van der Waals surface area contributed by atoms with Crippen molar-refractivity contribution in [2.45, 2.75) is 0 Å². The molecule has 224 valence electrons. The van der Waals surface area contributed by atoms with E-state index in [0.29, 0.717) is 17.6 Å². The van der Waals surface area contributed by atoms with Gasteiger partial charge in [0.25, 0.3) is 0 Å². The monoisotopic (exact) mass is 630 g/mol. The Kier molecular flexibility index (Phi) is 6.01. The third-order valence-electron chi connectivity index (χ3n) is 9.23. The molecule has 10 aromatic rings. The lowest BCUT2D eigenvalue weighted by molar-refractivity contribution is 0.955. The van der Waals surface area contributed by atoms with E-state index in [-0.39, 0.29) is 0 Å². The molecular weight excluding hydrogens is 605 g/mol. The average Bonchev–Trinajstić information content (AvgIpc) is 3.72. The van der Waals surface area contributed by atoms with Crippen molar-refractivity contribution in [1.29, 1.82) is 0 Å². The normalized spacial score (nSPS) is 11.8. The molecule has 0 spiro atoms. The molecule has 0 atom stereocenters. The van der Waals surface area contributed by atoms with Gasteiger partial charge < -0.3 is 0 Å². The summed E-state index contributed by atoms with van der Waals surface area (Å²) < 4.78 is 4.81. The third-order valence-corrected chi connectivity index (χ3v) is 10.4. The first-order valence-corrected chi connectivity index (χ1v) is 16.9. The van der Waals surface area contributed by atoms with Crippen LogP contribution < -0.4 is 0 Å². The second-order valence-corrected chi connectivity index (χ2v) is 13.1. The number of thiophene rings is 1. The van der Waals surface area contributed by atoms with E-state index in [1.165, 1.54) is 41.7 Å². The Morgan fingerprint density at radius 1 is 0.417 bits per heavy atom. The molecule has 0 saturated heterocycles. The van der Waals surface area contributed by atoms with Crippen molar-refractivity contribution in [3.8, 4) is 39.9 Å². The van der Waals surface area contributed by atoms with E-state index in [0.717, 1.165) is 33.3 Å². The number of fused-ring (bicyclic) bond motifs is 10. The predicted octanol–water partition coefficient (Wildman–Crippen LogP) is 11.5. The fourth-order valence-corrected chi connectivity index (χ4v) is 8.35. The van der Waals surface area contributed by atoms with Crippen LogP contribution in [0, 0.1) is 0 Å². The highest BCUT2D eigenvalue weighted by Crippen LogP contribution is 2.47. The van der Waals surface area contributed by atoms with Crippen molar-refractivity contribution in [2.75, 3.05) is 0 Å². The van der Waals surface area contributed by atoms with Gasteiger partial charge in [0.1, 0.15) is 0 Å². The quantitative estimate of drug-likeness (QED) is 0.194. The maximum atomic E-state index is 5.30. The summed E-state index contributed by atoms with van der Waals surface area (Å²) >= 11 is 1.85. The molecule has 0 unspecified atom stereocenters. The smallest absolute Gasteiger partial charge is 0.238 e. The van der Waals surface area contributed by atoms with Crippen molar-refractivity contribution in [3.05, 3.63) is 158 Å². The highest BCUT2D eigenvalue weighted by molar-refractivity contribution is 7.27. The van der Waals surface area contributed by atoms with Crippen LogP contribution in [-0.2, 0) is 0 Å². The minimum absolute atomic E-state index is 0.599. The third kappa shape index (κ3) is 4.11. The fraction of sp³-hybridized carbons (Fsp3) is 0. The molecule has 0 radical (unpaired) electrons. The second-order valence-electron chi connectivity index (χ2n) is 12.0. The average molecular weight is 631 g/mol. The van der Waals surface area contributed by atoms with Crippen LogP contribution in [0.15, 0.2) is 158 Å². The number of hydrogen-bond acceptors (Lipinski definition) is 4. The zero-order valence-corrected chi connectivity index (χ0v) is 26.5. The Morgan fingerprint density at radius 2 is 1.00 bits per heavy atom. The molecule has 4 nitrogen and oxygen atoms in total. The molecule has 0 aliphatic carbocycles. The first-order chi connectivity index (χ1) is 23.8. The summed E-state index contributed by atoms with van der Waals surface area (Å²) in [5.74, 6) is 1.87. The van der Waals surface area contributed by atoms with E-state index in [9.17, 15) is 0 Å². The minimum Gasteiger partial charge on any atom is -0.277 e. The van der Waals surface area contributed by atoms with Crippen molar-refractivity contribution >= 4 is 64.1 Å². The molecule has 0 amide bonds. The first kappa shape index (κ1) is 27.0. The number of benzene rings is 7. The number of hydrogen-bond donors (Lipinski definition) is 0. The highest BCUT2D eigenvalue weighted by Gasteiger charge is 2.24. The number of para-hydroxylation sites is 1. The van der Waals surface area contributed by atoms with Gasteiger partial charge in [-0.2, -0.15) is 9.97 Å². The SMILES string of the molecule is c1ccc(-c2cccc(-c3nc(-c4ccccc4)nc(-n4c5ccccc5c5c6ccccc6c6sc7ccccc7c6c54)n3)c2)cc1. The van der Waals surface area contributed by atoms with Crippen LogP contribution >= 0.6 is 11.3 Å². The van der Waals surface area contributed by atoms with Crippen LogP contribution in [0.5, 0.6) is 0 Å². The summed E-state index contributed by atoms with van der Waals surface area (Å²) in [5, 5.41) is 7.36. The van der Waals surface area contributed by atoms with Crippen LogP contribution in [0.25, 0.3) is 92.6 Å². The highest BCUT2D eigenvalue weighted by atomic mass is 32.1. The van der Waals surface area contributed by atoms with E-state index in [1.807, 2.05) is 35.6 Å². The number of aromatic nitrogens is 4. The van der Waals surface area contributed by atoms with E-state index >= 15 is 0 Å². The lowest BCUT2D eigenvalue weighted by Gasteiger charge is -2.12. The molecule has 3 heterocycles. The summed E-state index contributed by atoms with van der Waals surface area (Å²) in [7, 11) is 0. The van der Waals surface area contributed by atoms with Crippen molar-refractivity contribution < 1.29 is 0 Å². The summed E-state index contributed by atoms with van der Waals surface area (Å²) in [6.45, 7) is 0. The lowest BCUT2D eigenvalue weighted by Crippen LogP contribution is -2.06. The molecule has 0 saturated carbocycles. The largest absolute Gasteiger partial charge is 0.277 e. The van der Waals surface area contributed by atoms with E-state index in [4.69, 9.17) is 15.0 Å². The van der Waals surface area contributed by atoms with Gasteiger partial charge in [-0.05, 0) is 34.7 Å². The van der Waals surface area contributed by atoms with E-state index in [2.05, 4.69) is 138 Å². The van der Waals surface area contributed by atoms with Crippen LogP contribution in [0.1, 0.15) is 0 Å². The number of rotatable bonds is 4. The topological polar surface area (TPSA) is 43.6 Å². The van der Waals surface area contributed by atoms with E-state index in [1.54, 1.807) is 0 Å². The van der Waals surface area contributed by atoms with Gasteiger partial charge in [0.05, 0.1) is 11.0 Å². The van der Waals surface area contributed by atoms with Gasteiger partial charge in [-0.15, -0.1) is 11.3 Å². The van der Waals surface area contributed by atoms with Gasteiger partial charge in [-0.3, -0.25) is 4.57 Å². The maximum absolute atomic E-state index is 5.30. The zero-order chi connectivity index (χ0) is 31.6. The molecule has 48 heavy (non-hydrogen) atoms. The van der Waals surface area contributed by atoms with Crippen LogP contribution in [0.3, 0.4) is 0 Å². The Morgan fingerprint density at radius 3 is 1.79 bits per heavy atom. The molecule has 0 aliphatic rings. The van der Waals surface area contributed by atoms with Gasteiger partial charge in [0.15, 0.2) is 11.6 Å². The maximum Gasteiger partial charge on any atom is 0.238 e. The summed E-state index contributed by atoms with van der Waals surface area (Å²) in [5.41, 5.74) is 6.34. The van der Waals surface area contributed by atoms with Crippen molar-refractivity contribution in [3.63, 3.8) is 0 Å². The van der Waals surface area contributed by atoms with Crippen LogP contribution in [-0.4, -0.2) is 19.5 Å². The van der Waals surface area contributed by atoms with Gasteiger partial charge in [0, 0.05) is 47.5 Å². The molecule has 0 N–H and O–H groups in total.